The molecule has 0 rings (SSSR count). The molecule has 1 amide bonds. The molecule has 2 atom stereocenters. The van der Waals surface area contributed by atoms with Gasteiger partial charge >= 0.3 is 13.8 Å². The average molecular weight is 838 g/mol. The first kappa shape index (κ1) is 56.0. The van der Waals surface area contributed by atoms with Crippen LogP contribution in [-0.4, -0.2) is 54.3 Å². The Morgan fingerprint density at radius 2 is 0.931 bits per heavy atom. The molecular formula is C48H88NO8P. The van der Waals surface area contributed by atoms with Gasteiger partial charge in [-0.3, -0.25) is 18.6 Å². The molecule has 0 bridgehead atoms. The SMILES string of the molecule is CCCCC/C=C\C/C=C\C/C=C\C/C=C\CCCCCCCCCC(=O)OCC(O)COP(=O)(O)OCCNC(=O)CCCCCCCCCCCCCCCC. The van der Waals surface area contributed by atoms with Crippen molar-refractivity contribution in [2.24, 2.45) is 0 Å². The molecule has 0 aliphatic carbocycles. The van der Waals surface area contributed by atoms with E-state index in [4.69, 9.17) is 13.8 Å². The van der Waals surface area contributed by atoms with E-state index in [2.05, 4.69) is 67.8 Å². The van der Waals surface area contributed by atoms with Gasteiger partial charge in [0.25, 0.3) is 0 Å². The molecule has 0 saturated carbocycles. The number of hydrogen-bond acceptors (Lipinski definition) is 7. The number of carbonyl (C=O) groups excluding carboxylic acids is 2. The number of hydrogen-bond donors (Lipinski definition) is 3. The van der Waals surface area contributed by atoms with Crippen LogP contribution in [0.1, 0.15) is 213 Å². The summed E-state index contributed by atoms with van der Waals surface area (Å²) in [6.45, 7) is 3.53. The Balaban J connectivity index is 3.61. The summed E-state index contributed by atoms with van der Waals surface area (Å²) in [5.41, 5.74) is 0. The van der Waals surface area contributed by atoms with Gasteiger partial charge in [0.2, 0.25) is 5.91 Å². The Kier molecular flexibility index (Phi) is 43.0. The summed E-state index contributed by atoms with van der Waals surface area (Å²) in [6.07, 6.45) is 51.8. The number of aliphatic hydroxyl groups excluding tert-OH is 1. The smallest absolute Gasteiger partial charge is 0.463 e. The van der Waals surface area contributed by atoms with Gasteiger partial charge in [-0.2, -0.15) is 0 Å². The Labute approximate surface area is 355 Å². The molecule has 338 valence electrons. The number of carbonyl (C=O) groups is 2. The van der Waals surface area contributed by atoms with Crippen LogP contribution in [0.3, 0.4) is 0 Å². The molecule has 3 N–H and O–H groups in total. The summed E-state index contributed by atoms with van der Waals surface area (Å²) in [4.78, 5) is 34.0. The zero-order chi connectivity index (χ0) is 42.5. The molecule has 0 radical (unpaired) electrons. The van der Waals surface area contributed by atoms with Gasteiger partial charge in [0, 0.05) is 19.4 Å². The largest absolute Gasteiger partial charge is 0.472 e. The van der Waals surface area contributed by atoms with Crippen molar-refractivity contribution in [3.8, 4) is 0 Å². The highest BCUT2D eigenvalue weighted by molar-refractivity contribution is 7.47. The lowest BCUT2D eigenvalue weighted by Gasteiger charge is -2.15. The highest BCUT2D eigenvalue weighted by Crippen LogP contribution is 2.42. The van der Waals surface area contributed by atoms with Gasteiger partial charge in [-0.15, -0.1) is 0 Å². The molecule has 9 nitrogen and oxygen atoms in total. The highest BCUT2D eigenvalue weighted by Gasteiger charge is 2.23. The minimum Gasteiger partial charge on any atom is -0.463 e. The third kappa shape index (κ3) is 45.1. The Hall–Kier alpha value is -2.03. The molecule has 2 unspecified atom stereocenters. The predicted molar refractivity (Wildman–Crippen MR) is 243 cm³/mol. The molecule has 0 aromatic heterocycles. The zero-order valence-corrected chi connectivity index (χ0v) is 38.1. The Bertz CT molecular complexity index is 1090. The molecule has 0 spiro atoms. The number of amides is 1. The monoisotopic (exact) mass is 838 g/mol. The number of nitrogens with one attached hydrogen (secondary N) is 1. The summed E-state index contributed by atoms with van der Waals surface area (Å²) in [7, 11) is -4.42. The van der Waals surface area contributed by atoms with Gasteiger partial charge in [-0.25, -0.2) is 4.57 Å². The average Bonchev–Trinajstić information content (AvgIpc) is 3.21. The first-order valence-corrected chi connectivity index (χ1v) is 25.1. The van der Waals surface area contributed by atoms with E-state index in [0.717, 1.165) is 70.6 Å². The van der Waals surface area contributed by atoms with Gasteiger partial charge < -0.3 is 20.1 Å². The molecule has 0 saturated heterocycles. The van der Waals surface area contributed by atoms with Crippen molar-refractivity contribution >= 4 is 19.7 Å². The molecule has 0 aliphatic rings. The fourth-order valence-corrected chi connectivity index (χ4v) is 7.18. The quantitative estimate of drug-likeness (QED) is 0.0239. The maximum atomic E-state index is 12.1. The van der Waals surface area contributed by atoms with E-state index in [1.165, 1.54) is 116 Å². The topological polar surface area (TPSA) is 131 Å². The number of unbranched alkanes of at least 4 members (excludes halogenated alkanes) is 23. The van der Waals surface area contributed by atoms with E-state index >= 15 is 0 Å². The second kappa shape index (κ2) is 44.5. The van der Waals surface area contributed by atoms with Crippen LogP contribution >= 0.6 is 7.82 Å². The van der Waals surface area contributed by atoms with Crippen molar-refractivity contribution < 1.29 is 37.9 Å². The van der Waals surface area contributed by atoms with Gasteiger partial charge in [-0.1, -0.05) is 191 Å². The van der Waals surface area contributed by atoms with Crippen LogP contribution in [0.5, 0.6) is 0 Å². The van der Waals surface area contributed by atoms with Crippen LogP contribution in [0.4, 0.5) is 0 Å². The number of allylic oxidation sites excluding steroid dienone is 8. The van der Waals surface area contributed by atoms with Crippen LogP contribution in [-0.2, 0) is 27.9 Å². The van der Waals surface area contributed by atoms with Gasteiger partial charge in [0.05, 0.1) is 13.2 Å². The maximum Gasteiger partial charge on any atom is 0.472 e. The molecule has 0 fully saturated rings. The summed E-state index contributed by atoms with van der Waals surface area (Å²) in [5.74, 6) is -0.524. The van der Waals surface area contributed by atoms with Crippen LogP contribution in [0.15, 0.2) is 48.6 Å². The van der Waals surface area contributed by atoms with Crippen LogP contribution in [0, 0.1) is 0 Å². The lowest BCUT2D eigenvalue weighted by molar-refractivity contribution is -0.147. The van der Waals surface area contributed by atoms with Crippen molar-refractivity contribution in [2.75, 3.05) is 26.4 Å². The summed E-state index contributed by atoms with van der Waals surface area (Å²) in [6, 6.07) is 0. The van der Waals surface area contributed by atoms with Gasteiger partial charge in [-0.05, 0) is 57.8 Å². The third-order valence-electron chi connectivity index (χ3n) is 10.0. The van der Waals surface area contributed by atoms with Crippen molar-refractivity contribution in [3.63, 3.8) is 0 Å². The van der Waals surface area contributed by atoms with Gasteiger partial charge in [0.1, 0.15) is 12.7 Å². The summed E-state index contributed by atoms with van der Waals surface area (Å²) >= 11 is 0. The van der Waals surface area contributed by atoms with Crippen molar-refractivity contribution in [3.05, 3.63) is 48.6 Å². The van der Waals surface area contributed by atoms with E-state index < -0.39 is 26.5 Å². The van der Waals surface area contributed by atoms with E-state index in [9.17, 15) is 24.2 Å². The number of phosphoric ester groups is 1. The molecule has 0 aromatic carbocycles. The molecule has 0 heterocycles. The molecule has 10 heteroatoms. The number of rotatable bonds is 44. The van der Waals surface area contributed by atoms with E-state index in [0.29, 0.717) is 6.42 Å². The number of phosphoric acid groups is 1. The third-order valence-corrected chi connectivity index (χ3v) is 11.0. The Morgan fingerprint density at radius 3 is 1.43 bits per heavy atom. The van der Waals surface area contributed by atoms with Gasteiger partial charge in [0.15, 0.2) is 0 Å². The zero-order valence-electron chi connectivity index (χ0n) is 37.2. The van der Waals surface area contributed by atoms with E-state index in [-0.39, 0.29) is 32.1 Å². The fourth-order valence-electron chi connectivity index (χ4n) is 6.42. The maximum absolute atomic E-state index is 12.1. The fraction of sp³-hybridized carbons (Fsp3) is 0.792. The predicted octanol–water partition coefficient (Wildman–Crippen LogP) is 13.5. The Morgan fingerprint density at radius 1 is 0.534 bits per heavy atom. The van der Waals surface area contributed by atoms with Crippen LogP contribution < -0.4 is 5.32 Å². The normalized spacial score (nSPS) is 13.7. The number of ether oxygens (including phenoxy) is 1. The van der Waals surface area contributed by atoms with Crippen molar-refractivity contribution in [1.82, 2.24) is 5.32 Å². The second-order valence-corrected chi connectivity index (χ2v) is 17.2. The summed E-state index contributed by atoms with van der Waals surface area (Å²) in [5, 5.41) is 12.7. The lowest BCUT2D eigenvalue weighted by atomic mass is 10.0. The van der Waals surface area contributed by atoms with Crippen LogP contribution in [0.25, 0.3) is 0 Å². The first-order chi connectivity index (χ1) is 28.3. The highest BCUT2D eigenvalue weighted by atomic mass is 31.2. The van der Waals surface area contributed by atoms with Crippen molar-refractivity contribution in [1.29, 1.82) is 0 Å². The van der Waals surface area contributed by atoms with Crippen molar-refractivity contribution in [2.45, 2.75) is 219 Å². The minimum absolute atomic E-state index is 0.0816. The van der Waals surface area contributed by atoms with Crippen LogP contribution in [0.2, 0.25) is 0 Å². The molecule has 0 aliphatic heterocycles. The number of esters is 1. The molecular weight excluding hydrogens is 750 g/mol. The van der Waals surface area contributed by atoms with E-state index in [1.54, 1.807) is 0 Å². The second-order valence-electron chi connectivity index (χ2n) is 15.7. The molecule has 58 heavy (non-hydrogen) atoms. The first-order valence-electron chi connectivity index (χ1n) is 23.6. The van der Waals surface area contributed by atoms with E-state index in [1.807, 2.05) is 0 Å². The lowest BCUT2D eigenvalue weighted by Crippen LogP contribution is -2.27. The molecule has 0 aromatic rings. The summed E-state index contributed by atoms with van der Waals surface area (Å²) < 4.78 is 26.9. The minimum atomic E-state index is -4.42. The standard InChI is InChI=1S/C48H88NO8P/c1-3-5-7-9-11-13-15-17-19-20-21-22-23-24-25-26-27-29-31-33-35-37-39-41-48(52)55-44-46(50)45-57-58(53,54)56-43-42-49-47(51)40-38-36-34-32-30-28-18-16-14-12-10-8-6-4-2/h11,13,17,19,21-22,24-25,46,50H,3-10,12,14-16,18,20,23,26-45H2,1-2H3,(H,49,51)(H,53,54)/b13-11-,19-17-,22-21-,25-24-. The number of aliphatic hydroxyl groups is 1.